The molecule has 2 aliphatic heterocycles. The number of ether oxygens (including phenoxy) is 1. The number of halogens is 1. The van der Waals surface area contributed by atoms with Crippen molar-refractivity contribution in [3.63, 3.8) is 0 Å². The molecule has 0 aromatic heterocycles. The molecular weight excluding hydrogens is 354 g/mol. The van der Waals surface area contributed by atoms with Gasteiger partial charge in [-0.3, -0.25) is 9.69 Å². The van der Waals surface area contributed by atoms with Crippen LogP contribution in [0.1, 0.15) is 33.1 Å². The van der Waals surface area contributed by atoms with Crippen molar-refractivity contribution in [3.8, 4) is 5.75 Å². The number of piperidine rings is 1. The van der Waals surface area contributed by atoms with Gasteiger partial charge in [-0.05, 0) is 44.4 Å². The summed E-state index contributed by atoms with van der Waals surface area (Å²) in [5, 5.41) is 3.53. The van der Waals surface area contributed by atoms with Crippen molar-refractivity contribution in [3.05, 3.63) is 23.2 Å². The Hall–Kier alpha value is -1.95. The van der Waals surface area contributed by atoms with E-state index < -0.39 is 0 Å². The molecule has 3 rings (SSSR count). The molecule has 0 bridgehead atoms. The van der Waals surface area contributed by atoms with Gasteiger partial charge in [0.05, 0.1) is 12.2 Å². The van der Waals surface area contributed by atoms with E-state index in [2.05, 4.69) is 5.32 Å². The molecule has 0 radical (unpaired) electrons. The maximum absolute atomic E-state index is 13.1. The third-order valence-corrected chi connectivity index (χ3v) is 5.13. The largest absolute Gasteiger partial charge is 0.487 e. The average Bonchev–Trinajstić information content (AvgIpc) is 2.65. The van der Waals surface area contributed by atoms with Crippen LogP contribution in [0.15, 0.2) is 18.2 Å². The topological polar surface area (TPSA) is 61.9 Å². The van der Waals surface area contributed by atoms with Crippen LogP contribution in [0.2, 0.25) is 5.02 Å². The number of amides is 3. The molecule has 2 heterocycles. The van der Waals surface area contributed by atoms with Gasteiger partial charge in [0.15, 0.2) is 0 Å². The lowest BCUT2D eigenvalue weighted by Gasteiger charge is -2.39. The van der Waals surface area contributed by atoms with Crippen LogP contribution in [-0.4, -0.2) is 49.1 Å². The summed E-state index contributed by atoms with van der Waals surface area (Å²) in [6, 6.07) is 5.29. The van der Waals surface area contributed by atoms with Gasteiger partial charge in [-0.15, -0.1) is 0 Å². The van der Waals surface area contributed by atoms with Crippen LogP contribution in [0, 0.1) is 5.92 Å². The van der Waals surface area contributed by atoms with E-state index in [1.807, 2.05) is 18.7 Å². The molecule has 1 saturated heterocycles. The molecule has 0 saturated carbocycles. The number of fused-ring (bicyclic) bond motifs is 1. The second-order valence-electron chi connectivity index (χ2n) is 6.99. The summed E-state index contributed by atoms with van der Waals surface area (Å²) in [7, 11) is 0. The third kappa shape index (κ3) is 4.06. The molecule has 1 aromatic rings. The number of carbonyl (C=O) groups excluding carboxylic acids is 2. The highest BCUT2D eigenvalue weighted by molar-refractivity contribution is 6.31. The second kappa shape index (κ2) is 8.16. The van der Waals surface area contributed by atoms with Crippen LogP contribution in [0.3, 0.4) is 0 Å². The molecule has 1 atom stereocenters. The molecule has 7 heteroatoms. The smallest absolute Gasteiger partial charge is 0.324 e. The van der Waals surface area contributed by atoms with Crippen molar-refractivity contribution >= 4 is 29.2 Å². The Kier molecular flexibility index (Phi) is 5.91. The number of carbonyl (C=O) groups is 2. The molecule has 3 amide bonds. The minimum atomic E-state index is -0.0787. The molecule has 2 aliphatic rings. The second-order valence-corrected chi connectivity index (χ2v) is 7.42. The van der Waals surface area contributed by atoms with E-state index in [4.69, 9.17) is 16.3 Å². The van der Waals surface area contributed by atoms with E-state index in [1.54, 1.807) is 23.1 Å². The van der Waals surface area contributed by atoms with E-state index in [-0.39, 0.29) is 24.0 Å². The average molecular weight is 380 g/mol. The van der Waals surface area contributed by atoms with Crippen LogP contribution in [-0.2, 0) is 4.79 Å². The fourth-order valence-corrected chi connectivity index (χ4v) is 3.65. The zero-order valence-corrected chi connectivity index (χ0v) is 16.1. The van der Waals surface area contributed by atoms with Gasteiger partial charge in [0.2, 0.25) is 5.91 Å². The first kappa shape index (κ1) is 18.8. The van der Waals surface area contributed by atoms with E-state index >= 15 is 0 Å². The van der Waals surface area contributed by atoms with Crippen molar-refractivity contribution in [2.45, 2.75) is 39.2 Å². The van der Waals surface area contributed by atoms with Crippen molar-refractivity contribution < 1.29 is 14.3 Å². The fourth-order valence-electron chi connectivity index (χ4n) is 3.49. The first-order valence-electron chi connectivity index (χ1n) is 9.30. The van der Waals surface area contributed by atoms with Crippen molar-refractivity contribution in [1.29, 1.82) is 0 Å². The zero-order valence-electron chi connectivity index (χ0n) is 15.3. The Labute approximate surface area is 159 Å². The summed E-state index contributed by atoms with van der Waals surface area (Å²) in [6.45, 7) is 6.36. The van der Waals surface area contributed by atoms with E-state index in [1.165, 1.54) is 0 Å². The molecule has 1 aromatic carbocycles. The number of urea groups is 1. The number of nitrogens with zero attached hydrogens (tertiary/aromatic N) is 2. The minimum Gasteiger partial charge on any atom is -0.487 e. The van der Waals surface area contributed by atoms with Gasteiger partial charge in [0.25, 0.3) is 0 Å². The number of anilines is 1. The molecule has 6 nitrogen and oxygen atoms in total. The molecule has 1 unspecified atom stereocenters. The monoisotopic (exact) mass is 379 g/mol. The van der Waals surface area contributed by atoms with Gasteiger partial charge in [-0.2, -0.15) is 0 Å². The highest BCUT2D eigenvalue weighted by Crippen LogP contribution is 2.36. The van der Waals surface area contributed by atoms with Crippen LogP contribution in [0.4, 0.5) is 10.5 Å². The van der Waals surface area contributed by atoms with Crippen LogP contribution in [0.5, 0.6) is 5.75 Å². The van der Waals surface area contributed by atoms with Crippen LogP contribution >= 0.6 is 11.6 Å². The lowest BCUT2D eigenvalue weighted by Crippen LogP contribution is -2.52. The Morgan fingerprint density at radius 1 is 1.31 bits per heavy atom. The summed E-state index contributed by atoms with van der Waals surface area (Å²) in [5.41, 5.74) is 0.711. The molecule has 1 N–H and O–H groups in total. The predicted octanol–water partition coefficient (Wildman–Crippen LogP) is 3.29. The van der Waals surface area contributed by atoms with E-state index in [0.29, 0.717) is 55.5 Å². The number of hydrogen-bond donors (Lipinski definition) is 1. The van der Waals surface area contributed by atoms with Crippen LogP contribution in [0.25, 0.3) is 0 Å². The number of benzene rings is 1. The predicted molar refractivity (Wildman–Crippen MR) is 102 cm³/mol. The molecule has 1 fully saturated rings. The first-order valence-corrected chi connectivity index (χ1v) is 9.67. The van der Waals surface area contributed by atoms with Crippen molar-refractivity contribution in [1.82, 2.24) is 10.2 Å². The zero-order chi connectivity index (χ0) is 18.7. The summed E-state index contributed by atoms with van der Waals surface area (Å²) >= 11 is 6.11. The Morgan fingerprint density at radius 2 is 2.04 bits per heavy atom. The summed E-state index contributed by atoms with van der Waals surface area (Å²) in [4.78, 5) is 28.8. The number of rotatable bonds is 3. The van der Waals surface area contributed by atoms with Crippen molar-refractivity contribution in [2.75, 3.05) is 31.1 Å². The minimum absolute atomic E-state index is 0.00376. The lowest BCUT2D eigenvalue weighted by molar-refractivity contribution is -0.126. The lowest BCUT2D eigenvalue weighted by atomic mass is 9.96. The van der Waals surface area contributed by atoms with Gasteiger partial charge < -0.3 is 15.0 Å². The summed E-state index contributed by atoms with van der Waals surface area (Å²) in [6.07, 6.45) is 2.25. The van der Waals surface area contributed by atoms with Gasteiger partial charge in [-0.25, -0.2) is 4.79 Å². The molecule has 0 aliphatic carbocycles. The molecule has 0 spiro atoms. The number of hydrogen-bond acceptors (Lipinski definition) is 3. The summed E-state index contributed by atoms with van der Waals surface area (Å²) in [5.74, 6) is 0.780. The third-order valence-electron chi connectivity index (χ3n) is 4.90. The Bertz CT molecular complexity index is 674. The Balaban J connectivity index is 1.66. The highest BCUT2D eigenvalue weighted by Gasteiger charge is 2.33. The SMILES string of the molecule is CCCNC(=O)C1CCN(C(=O)N2CC(C)Oc3ccc(Cl)cc32)CC1. The number of likely N-dealkylation sites (tertiary alicyclic amines) is 1. The van der Waals surface area contributed by atoms with E-state index in [9.17, 15) is 9.59 Å². The molecule has 142 valence electrons. The van der Waals surface area contributed by atoms with Crippen molar-refractivity contribution in [2.24, 2.45) is 5.92 Å². The molecular formula is C19H26ClN3O3. The van der Waals surface area contributed by atoms with Gasteiger partial charge in [0, 0.05) is 30.6 Å². The normalized spacial score (nSPS) is 20.3. The van der Waals surface area contributed by atoms with Gasteiger partial charge in [-0.1, -0.05) is 18.5 Å². The maximum Gasteiger partial charge on any atom is 0.324 e. The number of nitrogens with one attached hydrogen (secondary N) is 1. The quantitative estimate of drug-likeness (QED) is 0.876. The van der Waals surface area contributed by atoms with Gasteiger partial charge in [0.1, 0.15) is 11.9 Å². The standard InChI is InChI=1S/C19H26ClN3O3/c1-3-8-21-18(24)14-6-9-22(10-7-14)19(25)23-12-13(2)26-17-5-4-15(20)11-16(17)23/h4-5,11,13-14H,3,6-10,12H2,1-2H3,(H,21,24). The van der Waals surface area contributed by atoms with Crippen LogP contribution < -0.4 is 15.0 Å². The maximum atomic E-state index is 13.1. The molecule has 26 heavy (non-hydrogen) atoms. The Morgan fingerprint density at radius 3 is 2.73 bits per heavy atom. The fraction of sp³-hybridized carbons (Fsp3) is 0.579. The summed E-state index contributed by atoms with van der Waals surface area (Å²) < 4.78 is 5.82. The highest BCUT2D eigenvalue weighted by atomic mass is 35.5. The first-order chi connectivity index (χ1) is 12.5. The van der Waals surface area contributed by atoms with E-state index in [0.717, 1.165) is 6.42 Å². The van der Waals surface area contributed by atoms with Gasteiger partial charge >= 0.3 is 6.03 Å².